The average molecular weight is 308 g/mol. The number of methoxy groups -OCH3 is 1. The van der Waals surface area contributed by atoms with Crippen molar-refractivity contribution >= 4 is 5.96 Å². The van der Waals surface area contributed by atoms with E-state index in [2.05, 4.69) is 40.5 Å². The summed E-state index contributed by atoms with van der Waals surface area (Å²) in [5.41, 5.74) is 2.16. The topological polar surface area (TPSA) is 67.8 Å². The molecule has 0 aliphatic rings. The Morgan fingerprint density at radius 2 is 2.14 bits per heavy atom. The van der Waals surface area contributed by atoms with Crippen molar-refractivity contribution in [2.75, 3.05) is 40.0 Å². The van der Waals surface area contributed by atoms with Crippen molar-refractivity contribution in [2.45, 2.75) is 26.8 Å². The molecule has 0 fully saturated rings. The van der Waals surface area contributed by atoms with E-state index < -0.39 is 0 Å². The fraction of sp³-hybridized carbons (Fsp3) is 0.625. The predicted molar refractivity (Wildman–Crippen MR) is 89.1 cm³/mol. The molecular formula is C16H28N4O2. The minimum atomic E-state index is 0.576. The summed E-state index contributed by atoms with van der Waals surface area (Å²) in [5, 5.41) is 6.53. The van der Waals surface area contributed by atoms with E-state index in [1.54, 1.807) is 13.3 Å². The van der Waals surface area contributed by atoms with E-state index in [-0.39, 0.29) is 0 Å². The summed E-state index contributed by atoms with van der Waals surface area (Å²) in [6.07, 6.45) is 2.73. The Hall–Kier alpha value is -1.66. The number of ether oxygens (including phenoxy) is 2. The number of nitrogens with zero attached hydrogens (tertiary/aromatic N) is 2. The third kappa shape index (κ3) is 7.95. The molecule has 2 N–H and O–H groups in total. The lowest BCUT2D eigenvalue weighted by molar-refractivity contribution is 0.0698. The maximum atomic E-state index is 5.43. The van der Waals surface area contributed by atoms with E-state index in [9.17, 15) is 0 Å². The molecule has 0 atom stereocenters. The number of aromatic nitrogens is 1. The van der Waals surface area contributed by atoms with E-state index >= 15 is 0 Å². The van der Waals surface area contributed by atoms with E-state index in [1.807, 2.05) is 6.07 Å². The zero-order valence-corrected chi connectivity index (χ0v) is 13.9. The van der Waals surface area contributed by atoms with Crippen LogP contribution in [0, 0.1) is 6.92 Å². The van der Waals surface area contributed by atoms with Gasteiger partial charge < -0.3 is 20.1 Å². The molecular weight excluding hydrogens is 280 g/mol. The highest BCUT2D eigenvalue weighted by Crippen LogP contribution is 2.04. The van der Waals surface area contributed by atoms with Gasteiger partial charge in [-0.2, -0.15) is 0 Å². The molecule has 1 rings (SSSR count). The van der Waals surface area contributed by atoms with Gasteiger partial charge in [0, 0.05) is 33.0 Å². The zero-order valence-electron chi connectivity index (χ0n) is 13.9. The molecule has 6 heteroatoms. The Bertz CT molecular complexity index is 438. The summed E-state index contributed by atoms with van der Waals surface area (Å²) in [6.45, 7) is 8.33. The monoisotopic (exact) mass is 308 g/mol. The van der Waals surface area contributed by atoms with Gasteiger partial charge in [-0.3, -0.25) is 4.98 Å². The van der Waals surface area contributed by atoms with Gasteiger partial charge in [-0.25, -0.2) is 4.99 Å². The van der Waals surface area contributed by atoms with Crippen molar-refractivity contribution in [1.82, 2.24) is 15.6 Å². The number of hydrogen-bond donors (Lipinski definition) is 2. The van der Waals surface area contributed by atoms with Gasteiger partial charge >= 0.3 is 0 Å². The van der Waals surface area contributed by atoms with Crippen LogP contribution in [0.1, 0.15) is 24.6 Å². The molecule has 22 heavy (non-hydrogen) atoms. The lowest BCUT2D eigenvalue weighted by atomic mass is 10.2. The number of hydrogen-bond acceptors (Lipinski definition) is 4. The van der Waals surface area contributed by atoms with Crippen LogP contribution in [0.5, 0.6) is 0 Å². The highest BCUT2D eigenvalue weighted by Gasteiger charge is 2.00. The Morgan fingerprint density at radius 1 is 1.27 bits per heavy atom. The van der Waals surface area contributed by atoms with Crippen molar-refractivity contribution in [3.8, 4) is 0 Å². The van der Waals surface area contributed by atoms with Crippen LogP contribution in [0.15, 0.2) is 23.3 Å². The van der Waals surface area contributed by atoms with Crippen molar-refractivity contribution < 1.29 is 9.47 Å². The third-order valence-electron chi connectivity index (χ3n) is 3.04. The molecule has 0 aliphatic heterocycles. The van der Waals surface area contributed by atoms with Crippen LogP contribution in [0.25, 0.3) is 0 Å². The molecule has 1 aromatic rings. The number of aryl methyl sites for hydroxylation is 1. The van der Waals surface area contributed by atoms with Gasteiger partial charge in [-0.1, -0.05) is 6.07 Å². The lowest BCUT2D eigenvalue weighted by Gasteiger charge is -2.11. The van der Waals surface area contributed by atoms with Gasteiger partial charge in [-0.15, -0.1) is 0 Å². The first-order valence-electron chi connectivity index (χ1n) is 7.77. The van der Waals surface area contributed by atoms with Crippen LogP contribution in [-0.2, 0) is 16.0 Å². The summed E-state index contributed by atoms with van der Waals surface area (Å²) < 4.78 is 10.4. The van der Waals surface area contributed by atoms with Crippen molar-refractivity contribution in [2.24, 2.45) is 4.99 Å². The molecule has 0 unspecified atom stereocenters. The SMILES string of the molecule is CCNC(=NCc1ncccc1C)NCCCOCCOC. The molecule has 0 saturated heterocycles. The van der Waals surface area contributed by atoms with Crippen molar-refractivity contribution in [3.63, 3.8) is 0 Å². The van der Waals surface area contributed by atoms with Crippen LogP contribution < -0.4 is 10.6 Å². The van der Waals surface area contributed by atoms with E-state index in [4.69, 9.17) is 9.47 Å². The quantitative estimate of drug-likeness (QED) is 0.389. The summed E-state index contributed by atoms with van der Waals surface area (Å²) in [7, 11) is 1.67. The molecule has 0 saturated carbocycles. The molecule has 124 valence electrons. The maximum Gasteiger partial charge on any atom is 0.191 e. The summed E-state index contributed by atoms with van der Waals surface area (Å²) in [6, 6.07) is 3.99. The van der Waals surface area contributed by atoms with Gasteiger partial charge in [0.25, 0.3) is 0 Å². The Balaban J connectivity index is 2.32. The normalized spacial score (nSPS) is 11.5. The number of guanidine groups is 1. The maximum absolute atomic E-state index is 5.43. The first-order chi connectivity index (χ1) is 10.8. The van der Waals surface area contributed by atoms with Crippen LogP contribution in [0.4, 0.5) is 0 Å². The molecule has 0 aromatic carbocycles. The lowest BCUT2D eigenvalue weighted by Crippen LogP contribution is -2.38. The second-order valence-electron chi connectivity index (χ2n) is 4.85. The Labute approximate surface area is 133 Å². The predicted octanol–water partition coefficient (Wildman–Crippen LogP) is 1.50. The van der Waals surface area contributed by atoms with Crippen molar-refractivity contribution in [1.29, 1.82) is 0 Å². The number of aliphatic imine (C=N–C) groups is 1. The Morgan fingerprint density at radius 3 is 2.86 bits per heavy atom. The van der Waals surface area contributed by atoms with Gasteiger partial charge in [0.1, 0.15) is 0 Å². The summed E-state index contributed by atoms with van der Waals surface area (Å²) in [5.74, 6) is 0.810. The largest absolute Gasteiger partial charge is 0.382 e. The van der Waals surface area contributed by atoms with Gasteiger partial charge in [0.2, 0.25) is 0 Å². The number of pyridine rings is 1. The molecule has 0 amide bonds. The smallest absolute Gasteiger partial charge is 0.191 e. The molecule has 1 heterocycles. The highest BCUT2D eigenvalue weighted by molar-refractivity contribution is 5.79. The van der Waals surface area contributed by atoms with Crippen LogP contribution in [-0.4, -0.2) is 51.0 Å². The van der Waals surface area contributed by atoms with E-state index in [0.717, 1.165) is 43.3 Å². The second-order valence-corrected chi connectivity index (χ2v) is 4.85. The molecule has 0 aliphatic carbocycles. The third-order valence-corrected chi connectivity index (χ3v) is 3.04. The summed E-state index contributed by atoms with van der Waals surface area (Å²) >= 11 is 0. The second kappa shape index (κ2) is 11.9. The molecule has 6 nitrogen and oxygen atoms in total. The zero-order chi connectivity index (χ0) is 16.0. The van der Waals surface area contributed by atoms with E-state index in [1.165, 1.54) is 0 Å². The molecule has 0 spiro atoms. The fourth-order valence-electron chi connectivity index (χ4n) is 1.80. The van der Waals surface area contributed by atoms with Crippen LogP contribution in [0.3, 0.4) is 0 Å². The molecule has 0 bridgehead atoms. The first kappa shape index (κ1) is 18.4. The standard InChI is InChI=1S/C16H28N4O2/c1-4-17-16(19-9-6-10-22-12-11-21-3)20-13-15-14(2)7-5-8-18-15/h5,7-8H,4,6,9-13H2,1-3H3,(H2,17,19,20). The van der Waals surface area contributed by atoms with Gasteiger partial charge in [0.05, 0.1) is 25.5 Å². The number of nitrogens with one attached hydrogen (secondary N) is 2. The van der Waals surface area contributed by atoms with E-state index in [0.29, 0.717) is 19.8 Å². The molecule has 0 radical (unpaired) electrons. The van der Waals surface area contributed by atoms with Gasteiger partial charge in [-0.05, 0) is 31.9 Å². The minimum absolute atomic E-state index is 0.576. The Kier molecular flexibility index (Phi) is 9.98. The average Bonchev–Trinajstić information content (AvgIpc) is 2.53. The van der Waals surface area contributed by atoms with Crippen LogP contribution >= 0.6 is 0 Å². The summed E-state index contributed by atoms with van der Waals surface area (Å²) in [4.78, 5) is 8.92. The van der Waals surface area contributed by atoms with Gasteiger partial charge in [0.15, 0.2) is 5.96 Å². The van der Waals surface area contributed by atoms with Crippen LogP contribution in [0.2, 0.25) is 0 Å². The first-order valence-corrected chi connectivity index (χ1v) is 7.77. The highest BCUT2D eigenvalue weighted by atomic mass is 16.5. The number of rotatable bonds is 10. The minimum Gasteiger partial charge on any atom is -0.382 e. The van der Waals surface area contributed by atoms with Crippen molar-refractivity contribution in [3.05, 3.63) is 29.6 Å². The molecule has 1 aromatic heterocycles. The fourth-order valence-corrected chi connectivity index (χ4v) is 1.80.